The van der Waals surface area contributed by atoms with Crippen LogP contribution in [0.25, 0.3) is 0 Å². The summed E-state index contributed by atoms with van der Waals surface area (Å²) < 4.78 is 2.06. The number of nitrogens with zero attached hydrogens (tertiary/aromatic N) is 1. The molecule has 1 rings (SSSR count). The van der Waals surface area contributed by atoms with Gasteiger partial charge in [-0.05, 0) is 23.9 Å². The maximum absolute atomic E-state index is 3.19. The summed E-state index contributed by atoms with van der Waals surface area (Å²) in [7, 11) is 4.05. The van der Waals surface area contributed by atoms with Crippen LogP contribution in [0.15, 0.2) is 30.3 Å². The fraction of sp³-hybridized carbons (Fsp3) is 0.308. The van der Waals surface area contributed by atoms with Gasteiger partial charge in [0.2, 0.25) is 0 Å². The van der Waals surface area contributed by atoms with Crippen LogP contribution in [-0.4, -0.2) is 29.5 Å². The molecule has 0 amide bonds. The minimum Gasteiger partial charge on any atom is -0.222 e. The Balaban J connectivity index is 2.85. The molecule has 2 heteroatoms. The Bertz CT molecular complexity index is 392. The molecule has 1 aromatic carbocycles. The van der Waals surface area contributed by atoms with Gasteiger partial charge in [-0.15, -0.1) is 0 Å². The maximum Gasteiger partial charge on any atom is 0.286 e. The lowest BCUT2D eigenvalue weighted by atomic mass is 10.2. The molecule has 0 aliphatic rings. The van der Waals surface area contributed by atoms with Crippen LogP contribution in [0.3, 0.4) is 0 Å². The van der Waals surface area contributed by atoms with Crippen molar-refractivity contribution in [1.29, 1.82) is 0 Å². The Morgan fingerprint density at radius 2 is 1.93 bits per heavy atom. The van der Waals surface area contributed by atoms with E-state index in [1.807, 2.05) is 44.4 Å². The summed E-state index contributed by atoms with van der Waals surface area (Å²) in [5.74, 6) is 7.41. The van der Waals surface area contributed by atoms with E-state index in [4.69, 9.17) is 0 Å². The van der Waals surface area contributed by atoms with Crippen LogP contribution in [0.1, 0.15) is 12.5 Å². The van der Waals surface area contributed by atoms with E-state index in [0.717, 1.165) is 16.4 Å². The van der Waals surface area contributed by atoms with E-state index in [-0.39, 0.29) is 0 Å². The van der Waals surface area contributed by atoms with E-state index in [0.29, 0.717) is 0 Å². The molecule has 0 unspecified atom stereocenters. The summed E-state index contributed by atoms with van der Waals surface area (Å²) in [6.07, 6.45) is 0. The van der Waals surface area contributed by atoms with Crippen molar-refractivity contribution >= 4 is 16.8 Å². The van der Waals surface area contributed by atoms with Crippen molar-refractivity contribution in [1.82, 2.24) is 0 Å². The molecule has 0 aromatic heterocycles. The van der Waals surface area contributed by atoms with Gasteiger partial charge in [-0.1, -0.05) is 31.0 Å². The van der Waals surface area contributed by atoms with Crippen LogP contribution >= 0.6 is 11.8 Å². The number of hydrogen-bond donors (Lipinski definition) is 0. The molecule has 0 aliphatic heterocycles. The van der Waals surface area contributed by atoms with Crippen molar-refractivity contribution in [3.63, 3.8) is 0 Å². The van der Waals surface area contributed by atoms with Gasteiger partial charge in [-0.25, -0.2) is 4.58 Å². The van der Waals surface area contributed by atoms with Crippen molar-refractivity contribution in [3.05, 3.63) is 35.9 Å². The first-order valence-corrected chi connectivity index (χ1v) is 5.96. The molecule has 0 bridgehead atoms. The van der Waals surface area contributed by atoms with E-state index in [1.165, 1.54) is 0 Å². The minimum atomic E-state index is 1.05. The third-order valence-corrected chi connectivity index (χ3v) is 2.80. The molecule has 0 fully saturated rings. The van der Waals surface area contributed by atoms with Crippen LogP contribution in [0.4, 0.5) is 0 Å². The number of hydrogen-bond acceptors (Lipinski definition) is 1. The van der Waals surface area contributed by atoms with Gasteiger partial charge in [0.05, 0.1) is 0 Å². The van der Waals surface area contributed by atoms with E-state index in [1.54, 1.807) is 11.8 Å². The molecular weight excluding hydrogens is 202 g/mol. The molecule has 78 valence electrons. The van der Waals surface area contributed by atoms with Gasteiger partial charge >= 0.3 is 0 Å². The smallest absolute Gasteiger partial charge is 0.222 e. The lowest BCUT2D eigenvalue weighted by Crippen LogP contribution is -2.07. The third-order valence-electron chi connectivity index (χ3n) is 1.77. The zero-order valence-corrected chi connectivity index (χ0v) is 10.3. The Kier molecular flexibility index (Phi) is 5.00. The number of benzene rings is 1. The number of thioether (sulfide) groups is 1. The fourth-order valence-corrected chi connectivity index (χ4v) is 1.72. The largest absolute Gasteiger partial charge is 0.286 e. The molecule has 1 aromatic rings. The molecule has 1 nitrogen and oxygen atoms in total. The quantitative estimate of drug-likeness (QED) is 0.303. The summed E-state index contributed by atoms with van der Waals surface area (Å²) in [6, 6.07) is 10.1. The second-order valence-electron chi connectivity index (χ2n) is 3.25. The third kappa shape index (κ3) is 4.22. The molecule has 0 radical (unpaired) electrons. The first-order valence-electron chi connectivity index (χ1n) is 4.98. The summed E-state index contributed by atoms with van der Waals surface area (Å²) >= 11 is 1.77. The minimum absolute atomic E-state index is 1.05. The molecule has 0 atom stereocenters. The second-order valence-corrected chi connectivity index (χ2v) is 4.50. The second kappa shape index (κ2) is 6.31. The van der Waals surface area contributed by atoms with Crippen molar-refractivity contribution in [3.8, 4) is 11.8 Å². The molecule has 15 heavy (non-hydrogen) atoms. The van der Waals surface area contributed by atoms with E-state index >= 15 is 0 Å². The average molecular weight is 218 g/mol. The molecule has 0 saturated heterocycles. The summed E-state index contributed by atoms with van der Waals surface area (Å²) in [5, 5.41) is 1.11. The predicted molar refractivity (Wildman–Crippen MR) is 68.6 cm³/mol. The van der Waals surface area contributed by atoms with Crippen molar-refractivity contribution in [2.45, 2.75) is 6.92 Å². The van der Waals surface area contributed by atoms with Crippen molar-refractivity contribution in [2.75, 3.05) is 19.8 Å². The number of rotatable bonds is 1. The average Bonchev–Trinajstić information content (AvgIpc) is 2.25. The highest BCUT2D eigenvalue weighted by Gasteiger charge is 2.02. The topological polar surface area (TPSA) is 3.01 Å². The SMILES string of the molecule is CCSC(C#Cc1ccccc1)=[N+](C)C. The monoisotopic (exact) mass is 218 g/mol. The first kappa shape index (κ1) is 11.9. The van der Waals surface area contributed by atoms with Crippen LogP contribution < -0.4 is 0 Å². The highest BCUT2D eigenvalue weighted by molar-refractivity contribution is 8.14. The Morgan fingerprint density at radius 3 is 2.47 bits per heavy atom. The molecule has 0 aliphatic carbocycles. The van der Waals surface area contributed by atoms with Gasteiger partial charge in [0.25, 0.3) is 5.04 Å². The van der Waals surface area contributed by atoms with E-state index in [9.17, 15) is 0 Å². The highest BCUT2D eigenvalue weighted by Crippen LogP contribution is 2.02. The highest BCUT2D eigenvalue weighted by atomic mass is 32.2. The predicted octanol–water partition coefficient (Wildman–Crippen LogP) is 2.46. The zero-order valence-electron chi connectivity index (χ0n) is 9.45. The summed E-state index contributed by atoms with van der Waals surface area (Å²) in [4.78, 5) is 0. The molecular formula is C13H16NS+. The standard InChI is InChI=1S/C13H16NS/c1-4-15-13(14(2)3)11-10-12-8-6-5-7-9-12/h5-9H,4H2,1-3H3/q+1. The molecule has 0 heterocycles. The van der Waals surface area contributed by atoms with Crippen LogP contribution in [-0.2, 0) is 0 Å². The van der Waals surface area contributed by atoms with Gasteiger partial charge in [0.1, 0.15) is 14.1 Å². The Morgan fingerprint density at radius 1 is 1.27 bits per heavy atom. The van der Waals surface area contributed by atoms with Crippen molar-refractivity contribution in [2.24, 2.45) is 0 Å². The van der Waals surface area contributed by atoms with Crippen LogP contribution in [0, 0.1) is 11.8 Å². The summed E-state index contributed by atoms with van der Waals surface area (Å²) in [6.45, 7) is 2.14. The normalized spacial score (nSPS) is 9.00. The van der Waals surface area contributed by atoms with E-state index in [2.05, 4.69) is 23.3 Å². The first-order chi connectivity index (χ1) is 7.24. The fourth-order valence-electron chi connectivity index (χ4n) is 1.06. The lowest BCUT2D eigenvalue weighted by Gasteiger charge is -1.92. The van der Waals surface area contributed by atoms with Crippen LogP contribution in [0.2, 0.25) is 0 Å². The Labute approximate surface area is 96.2 Å². The maximum atomic E-state index is 3.19. The van der Waals surface area contributed by atoms with Gasteiger partial charge < -0.3 is 0 Å². The van der Waals surface area contributed by atoms with Gasteiger partial charge in [0, 0.05) is 17.2 Å². The Hall–Kier alpha value is -1.20. The molecule has 0 spiro atoms. The van der Waals surface area contributed by atoms with Crippen molar-refractivity contribution < 1.29 is 4.58 Å². The lowest BCUT2D eigenvalue weighted by molar-refractivity contribution is -0.460. The molecule has 0 N–H and O–H groups in total. The zero-order chi connectivity index (χ0) is 11.1. The summed E-state index contributed by atoms with van der Waals surface area (Å²) in [5.41, 5.74) is 1.06. The van der Waals surface area contributed by atoms with Gasteiger partial charge in [0.15, 0.2) is 0 Å². The van der Waals surface area contributed by atoms with Crippen LogP contribution in [0.5, 0.6) is 0 Å². The molecule has 0 saturated carbocycles. The van der Waals surface area contributed by atoms with Gasteiger partial charge in [-0.2, -0.15) is 0 Å². The van der Waals surface area contributed by atoms with E-state index < -0.39 is 0 Å². The van der Waals surface area contributed by atoms with Gasteiger partial charge in [-0.3, -0.25) is 0 Å².